The molecule has 1 fully saturated rings. The predicted molar refractivity (Wildman–Crippen MR) is 94.9 cm³/mol. The molecule has 7 heteroatoms. The lowest BCUT2D eigenvalue weighted by Crippen LogP contribution is -2.40. The molecular weight excluding hydrogens is 384 g/mol. The van der Waals surface area contributed by atoms with Gasteiger partial charge in [-0.05, 0) is 47.9 Å². The van der Waals surface area contributed by atoms with Gasteiger partial charge in [0.25, 0.3) is 5.91 Å². The van der Waals surface area contributed by atoms with Crippen LogP contribution >= 0.6 is 27.5 Å². The summed E-state index contributed by atoms with van der Waals surface area (Å²) in [4.78, 5) is 15.1. The van der Waals surface area contributed by atoms with Gasteiger partial charge in [0.2, 0.25) is 0 Å². The molecule has 1 aliphatic rings. The van der Waals surface area contributed by atoms with Crippen LogP contribution in [0.15, 0.2) is 10.5 Å². The highest BCUT2D eigenvalue weighted by atomic mass is 79.9. The lowest BCUT2D eigenvalue weighted by Gasteiger charge is -2.23. The molecule has 1 N–H and O–H groups in total. The minimum absolute atomic E-state index is 0.246. The first-order valence-corrected chi connectivity index (χ1v) is 8.82. The summed E-state index contributed by atoms with van der Waals surface area (Å²) in [5.41, 5.74) is 0.315. The maximum atomic E-state index is 12.7. The number of methoxy groups -OCH3 is 2. The standard InChI is InChI=1S/C16H22BrClN2O3/c1-4-20-7-5-6-10(20)9-19-16(21)13-14(22-2)11(17)8-12(18)15(13)23-3/h8,10H,4-7,9H2,1-3H3,(H,19,21). The minimum atomic E-state index is -0.246. The van der Waals surface area contributed by atoms with Crippen molar-refractivity contribution in [3.05, 3.63) is 21.1 Å². The van der Waals surface area contributed by atoms with Gasteiger partial charge in [-0.1, -0.05) is 18.5 Å². The van der Waals surface area contributed by atoms with Crippen molar-refractivity contribution in [1.82, 2.24) is 10.2 Å². The number of nitrogens with zero attached hydrogens (tertiary/aromatic N) is 1. The number of benzene rings is 1. The van der Waals surface area contributed by atoms with Crippen LogP contribution < -0.4 is 14.8 Å². The van der Waals surface area contributed by atoms with E-state index >= 15 is 0 Å². The van der Waals surface area contributed by atoms with E-state index in [0.717, 1.165) is 19.5 Å². The van der Waals surface area contributed by atoms with Crippen molar-refractivity contribution in [2.75, 3.05) is 33.9 Å². The Morgan fingerprint density at radius 1 is 1.43 bits per heavy atom. The fraction of sp³-hybridized carbons (Fsp3) is 0.562. The summed E-state index contributed by atoms with van der Waals surface area (Å²) in [6.45, 7) is 4.83. The first-order valence-electron chi connectivity index (χ1n) is 7.65. The van der Waals surface area contributed by atoms with Gasteiger partial charge in [0.1, 0.15) is 11.3 Å². The molecule has 5 nitrogen and oxygen atoms in total. The summed E-state index contributed by atoms with van der Waals surface area (Å²) in [5, 5.41) is 3.35. The number of hydrogen-bond acceptors (Lipinski definition) is 4. The van der Waals surface area contributed by atoms with E-state index in [2.05, 4.69) is 33.1 Å². The summed E-state index contributed by atoms with van der Waals surface area (Å²) in [6.07, 6.45) is 2.27. The Balaban J connectivity index is 2.21. The maximum Gasteiger partial charge on any atom is 0.259 e. The molecular formula is C16H22BrClN2O3. The quantitative estimate of drug-likeness (QED) is 0.789. The number of ether oxygens (including phenoxy) is 2. The Morgan fingerprint density at radius 2 is 2.13 bits per heavy atom. The van der Waals surface area contributed by atoms with Gasteiger partial charge in [-0.2, -0.15) is 0 Å². The molecule has 1 aromatic carbocycles. The molecule has 2 rings (SSSR count). The summed E-state index contributed by atoms with van der Waals surface area (Å²) in [7, 11) is 3.00. The third kappa shape index (κ3) is 3.92. The molecule has 128 valence electrons. The third-order valence-electron chi connectivity index (χ3n) is 4.18. The molecule has 1 unspecified atom stereocenters. The van der Waals surface area contributed by atoms with Gasteiger partial charge in [-0.25, -0.2) is 0 Å². The fourth-order valence-corrected chi connectivity index (χ4v) is 4.03. The van der Waals surface area contributed by atoms with Gasteiger partial charge in [0.15, 0.2) is 5.75 Å². The molecule has 1 saturated heterocycles. The Labute approximate surface area is 150 Å². The van der Waals surface area contributed by atoms with Gasteiger partial charge < -0.3 is 14.8 Å². The fourth-order valence-electron chi connectivity index (χ4n) is 3.03. The number of halogens is 2. The van der Waals surface area contributed by atoms with Crippen LogP contribution in [0.1, 0.15) is 30.1 Å². The SMILES string of the molecule is CCN1CCCC1CNC(=O)c1c(OC)c(Cl)cc(Br)c1OC. The molecule has 23 heavy (non-hydrogen) atoms. The monoisotopic (exact) mass is 404 g/mol. The Hall–Kier alpha value is -0.980. The van der Waals surface area contributed by atoms with E-state index in [1.807, 2.05) is 0 Å². The van der Waals surface area contributed by atoms with Crippen molar-refractivity contribution >= 4 is 33.4 Å². The second-order valence-corrected chi connectivity index (χ2v) is 6.68. The number of likely N-dealkylation sites (N-methyl/N-ethyl adjacent to an activating group) is 1. The van der Waals surface area contributed by atoms with Crippen molar-refractivity contribution < 1.29 is 14.3 Å². The first-order chi connectivity index (χ1) is 11.0. The van der Waals surface area contributed by atoms with Crippen molar-refractivity contribution in [2.45, 2.75) is 25.8 Å². The van der Waals surface area contributed by atoms with Crippen LogP contribution in [0.3, 0.4) is 0 Å². The molecule has 1 heterocycles. The minimum Gasteiger partial charge on any atom is -0.495 e. The van der Waals surface area contributed by atoms with Crippen molar-refractivity contribution in [2.24, 2.45) is 0 Å². The summed E-state index contributed by atoms with van der Waals surface area (Å²) in [5.74, 6) is 0.496. The maximum absolute atomic E-state index is 12.7. The number of likely N-dealkylation sites (tertiary alicyclic amines) is 1. The molecule has 0 radical (unpaired) electrons. The van der Waals surface area contributed by atoms with Gasteiger partial charge in [-0.15, -0.1) is 0 Å². The molecule has 0 spiro atoms. The number of amides is 1. The number of nitrogens with one attached hydrogen (secondary N) is 1. The van der Waals surface area contributed by atoms with Crippen LogP contribution in [-0.2, 0) is 0 Å². The zero-order valence-electron chi connectivity index (χ0n) is 13.6. The van der Waals surface area contributed by atoms with E-state index in [4.69, 9.17) is 21.1 Å². The van der Waals surface area contributed by atoms with E-state index in [0.29, 0.717) is 39.1 Å². The van der Waals surface area contributed by atoms with Gasteiger partial charge >= 0.3 is 0 Å². The van der Waals surface area contributed by atoms with Gasteiger partial charge in [-0.3, -0.25) is 9.69 Å². The molecule has 0 bridgehead atoms. The molecule has 0 aliphatic carbocycles. The molecule has 1 amide bonds. The number of carbonyl (C=O) groups is 1. The van der Waals surface area contributed by atoms with Crippen molar-refractivity contribution in [1.29, 1.82) is 0 Å². The second-order valence-electron chi connectivity index (χ2n) is 5.42. The first kappa shape index (κ1) is 18.4. The lowest BCUT2D eigenvalue weighted by atomic mass is 10.1. The van der Waals surface area contributed by atoms with Gasteiger partial charge in [0.05, 0.1) is 23.7 Å². The second kappa shape index (κ2) is 8.22. The Morgan fingerprint density at radius 3 is 2.74 bits per heavy atom. The van der Waals surface area contributed by atoms with Crippen molar-refractivity contribution in [3.8, 4) is 11.5 Å². The largest absolute Gasteiger partial charge is 0.495 e. The van der Waals surface area contributed by atoms with E-state index < -0.39 is 0 Å². The van der Waals surface area contributed by atoms with Crippen molar-refractivity contribution in [3.63, 3.8) is 0 Å². The zero-order chi connectivity index (χ0) is 17.0. The van der Waals surface area contributed by atoms with E-state index in [9.17, 15) is 4.79 Å². The van der Waals surface area contributed by atoms with Crippen LogP contribution in [-0.4, -0.2) is 50.7 Å². The zero-order valence-corrected chi connectivity index (χ0v) is 16.0. The van der Waals surface area contributed by atoms with Crippen LogP contribution in [0.2, 0.25) is 5.02 Å². The molecule has 1 atom stereocenters. The van der Waals surface area contributed by atoms with Crippen LogP contribution in [0.4, 0.5) is 0 Å². The third-order valence-corrected chi connectivity index (χ3v) is 5.05. The number of carbonyl (C=O) groups excluding carboxylic acids is 1. The molecule has 1 aliphatic heterocycles. The molecule has 1 aromatic rings. The summed E-state index contributed by atoms with van der Waals surface area (Å²) < 4.78 is 11.3. The molecule has 0 aromatic heterocycles. The average Bonchev–Trinajstić information content (AvgIpc) is 2.99. The smallest absolute Gasteiger partial charge is 0.259 e. The topological polar surface area (TPSA) is 50.8 Å². The summed E-state index contributed by atoms with van der Waals surface area (Å²) >= 11 is 9.56. The average molecular weight is 406 g/mol. The van der Waals surface area contributed by atoms with Crippen LogP contribution in [0, 0.1) is 0 Å². The van der Waals surface area contributed by atoms with Gasteiger partial charge in [0, 0.05) is 12.6 Å². The number of rotatable bonds is 6. The normalized spacial score (nSPS) is 18.0. The lowest BCUT2D eigenvalue weighted by molar-refractivity contribution is 0.0935. The highest BCUT2D eigenvalue weighted by molar-refractivity contribution is 9.10. The highest BCUT2D eigenvalue weighted by Gasteiger charge is 2.27. The van der Waals surface area contributed by atoms with E-state index in [-0.39, 0.29) is 5.91 Å². The summed E-state index contributed by atoms with van der Waals surface area (Å²) in [6, 6.07) is 2.04. The highest BCUT2D eigenvalue weighted by Crippen LogP contribution is 2.41. The Kier molecular flexibility index (Phi) is 6.56. The van der Waals surface area contributed by atoms with E-state index in [1.54, 1.807) is 6.07 Å². The predicted octanol–water partition coefficient (Wildman–Crippen LogP) is 3.33. The molecule has 0 saturated carbocycles. The van der Waals surface area contributed by atoms with Crippen LogP contribution in [0.5, 0.6) is 11.5 Å². The van der Waals surface area contributed by atoms with E-state index in [1.165, 1.54) is 20.6 Å². The number of hydrogen-bond donors (Lipinski definition) is 1. The Bertz CT molecular complexity index is 555. The van der Waals surface area contributed by atoms with Crippen LogP contribution in [0.25, 0.3) is 0 Å².